The van der Waals surface area contributed by atoms with Gasteiger partial charge in [0, 0.05) is 47.8 Å². The van der Waals surface area contributed by atoms with Crippen LogP contribution in [0.1, 0.15) is 10.5 Å². The van der Waals surface area contributed by atoms with E-state index in [1.807, 2.05) is 23.0 Å². The number of anilines is 1. The zero-order chi connectivity index (χ0) is 22.8. The van der Waals surface area contributed by atoms with Crippen molar-refractivity contribution in [3.8, 4) is 11.1 Å². The Bertz CT molecular complexity index is 1280. The number of carbonyl (C=O) groups is 1. The summed E-state index contributed by atoms with van der Waals surface area (Å²) in [6.45, 7) is 5.04. The normalized spacial score (nSPS) is 14.6. The topological polar surface area (TPSA) is 72.3 Å². The van der Waals surface area contributed by atoms with E-state index in [4.69, 9.17) is 9.84 Å². The molecule has 1 amide bonds. The number of thiazole rings is 1. The molecule has 33 heavy (non-hydrogen) atoms. The van der Waals surface area contributed by atoms with Crippen LogP contribution in [0.25, 0.3) is 22.0 Å². The van der Waals surface area contributed by atoms with Crippen LogP contribution in [0.2, 0.25) is 0 Å². The van der Waals surface area contributed by atoms with Crippen LogP contribution in [0.3, 0.4) is 0 Å². The summed E-state index contributed by atoms with van der Waals surface area (Å²) in [5, 5.41) is 10.3. The highest BCUT2D eigenvalue weighted by atomic mass is 79.9. The van der Waals surface area contributed by atoms with Crippen LogP contribution in [0.4, 0.5) is 10.1 Å². The maximum Gasteiger partial charge on any atom is 0.275 e. The number of halogens is 2. The Kier molecular flexibility index (Phi) is 6.50. The molecule has 0 unspecified atom stereocenters. The molecule has 5 rings (SSSR count). The fraction of sp³-hybridized carbons (Fsp3) is 0.261. The van der Waals surface area contributed by atoms with E-state index >= 15 is 0 Å². The summed E-state index contributed by atoms with van der Waals surface area (Å²) < 4.78 is 21.5. The minimum absolute atomic E-state index is 0.306. The van der Waals surface area contributed by atoms with Crippen molar-refractivity contribution in [1.29, 1.82) is 0 Å². The fourth-order valence-corrected chi connectivity index (χ4v) is 4.81. The third-order valence-electron chi connectivity index (χ3n) is 5.55. The molecule has 3 heterocycles. The number of nitrogens with one attached hydrogen (secondary N) is 1. The largest absolute Gasteiger partial charge is 0.379 e. The van der Waals surface area contributed by atoms with E-state index in [0.29, 0.717) is 15.3 Å². The average molecular weight is 530 g/mol. The Morgan fingerprint density at radius 2 is 1.97 bits per heavy atom. The predicted molar refractivity (Wildman–Crippen MR) is 130 cm³/mol. The second-order valence-corrected chi connectivity index (χ2v) is 9.88. The van der Waals surface area contributed by atoms with Gasteiger partial charge in [-0.2, -0.15) is 5.10 Å². The number of amides is 1. The summed E-state index contributed by atoms with van der Waals surface area (Å²) >= 11 is 4.64. The SMILES string of the molecule is O=C(Nc1cc2cn(CCN3CCOCC3)nc2cc1-c1ccc(F)cc1)c1csc(Br)n1. The van der Waals surface area contributed by atoms with Crippen LogP contribution < -0.4 is 5.32 Å². The number of benzene rings is 2. The Morgan fingerprint density at radius 3 is 2.70 bits per heavy atom. The van der Waals surface area contributed by atoms with Crippen LogP contribution in [-0.2, 0) is 11.3 Å². The third kappa shape index (κ3) is 5.14. The lowest BCUT2D eigenvalue weighted by atomic mass is 10.0. The van der Waals surface area contributed by atoms with Crippen LogP contribution in [0, 0.1) is 5.82 Å². The molecule has 1 fully saturated rings. The maximum atomic E-state index is 13.5. The van der Waals surface area contributed by atoms with Crippen LogP contribution in [0.5, 0.6) is 0 Å². The molecule has 0 saturated carbocycles. The summed E-state index contributed by atoms with van der Waals surface area (Å²) in [5.74, 6) is -0.621. The lowest BCUT2D eigenvalue weighted by molar-refractivity contribution is 0.0360. The summed E-state index contributed by atoms with van der Waals surface area (Å²) in [4.78, 5) is 19.4. The van der Waals surface area contributed by atoms with Crippen molar-refractivity contribution in [3.05, 3.63) is 63.4 Å². The van der Waals surface area contributed by atoms with E-state index in [0.717, 1.165) is 61.4 Å². The number of ether oxygens (including phenoxy) is 1. The van der Waals surface area contributed by atoms with Gasteiger partial charge in [-0.15, -0.1) is 11.3 Å². The summed E-state index contributed by atoms with van der Waals surface area (Å²) in [6.07, 6.45) is 1.99. The molecule has 2 aromatic carbocycles. The van der Waals surface area contributed by atoms with Crippen molar-refractivity contribution >= 4 is 49.8 Å². The van der Waals surface area contributed by atoms with Crippen LogP contribution >= 0.6 is 27.3 Å². The zero-order valence-electron chi connectivity index (χ0n) is 17.6. The number of hydrogen-bond donors (Lipinski definition) is 1. The number of hydrogen-bond acceptors (Lipinski definition) is 6. The van der Waals surface area contributed by atoms with Gasteiger partial charge in [0.15, 0.2) is 3.92 Å². The van der Waals surface area contributed by atoms with Gasteiger partial charge in [-0.05, 0) is 45.8 Å². The molecule has 7 nitrogen and oxygen atoms in total. The van der Waals surface area contributed by atoms with Crippen molar-refractivity contribution in [2.45, 2.75) is 6.54 Å². The van der Waals surface area contributed by atoms with E-state index in [1.165, 1.54) is 23.5 Å². The van der Waals surface area contributed by atoms with E-state index < -0.39 is 0 Å². The highest BCUT2D eigenvalue weighted by Crippen LogP contribution is 2.33. The summed E-state index contributed by atoms with van der Waals surface area (Å²) in [7, 11) is 0. The molecule has 0 aliphatic carbocycles. The Balaban J connectivity index is 1.46. The van der Waals surface area contributed by atoms with Gasteiger partial charge in [0.05, 0.1) is 25.3 Å². The average Bonchev–Trinajstić information content (AvgIpc) is 3.44. The molecule has 10 heteroatoms. The van der Waals surface area contributed by atoms with Gasteiger partial charge in [-0.1, -0.05) is 12.1 Å². The zero-order valence-corrected chi connectivity index (χ0v) is 20.0. The van der Waals surface area contributed by atoms with Crippen molar-refractivity contribution < 1.29 is 13.9 Å². The molecule has 0 bridgehead atoms. The molecule has 1 aliphatic rings. The molecule has 170 valence electrons. The number of nitrogens with zero attached hydrogens (tertiary/aromatic N) is 4. The van der Waals surface area contributed by atoms with Crippen molar-refractivity contribution in [2.24, 2.45) is 0 Å². The Morgan fingerprint density at radius 1 is 1.18 bits per heavy atom. The van der Waals surface area contributed by atoms with Crippen LogP contribution in [0.15, 0.2) is 51.9 Å². The second-order valence-electron chi connectivity index (χ2n) is 7.75. The molecule has 1 aliphatic heterocycles. The van der Waals surface area contributed by atoms with Gasteiger partial charge >= 0.3 is 0 Å². The number of aromatic nitrogens is 3. The molecule has 0 radical (unpaired) electrons. The van der Waals surface area contributed by atoms with Crippen molar-refractivity contribution in [3.63, 3.8) is 0 Å². The predicted octanol–water partition coefficient (Wildman–Crippen LogP) is 4.65. The second kappa shape index (κ2) is 9.68. The van der Waals surface area contributed by atoms with E-state index in [-0.39, 0.29) is 11.7 Å². The number of carbonyl (C=O) groups excluding carboxylic acids is 1. The molecule has 0 spiro atoms. The first-order valence-corrected chi connectivity index (χ1v) is 12.2. The molecule has 0 atom stereocenters. The van der Waals surface area contributed by atoms with E-state index in [9.17, 15) is 9.18 Å². The Hall–Kier alpha value is -2.66. The molecule has 4 aromatic rings. The third-order valence-corrected chi connectivity index (χ3v) is 6.92. The van der Waals surface area contributed by atoms with Gasteiger partial charge < -0.3 is 10.1 Å². The Labute approximate surface area is 202 Å². The first-order chi connectivity index (χ1) is 16.0. The lowest BCUT2D eigenvalue weighted by Crippen LogP contribution is -2.38. The summed E-state index contributed by atoms with van der Waals surface area (Å²) in [5.41, 5.74) is 3.32. The van der Waals surface area contributed by atoms with E-state index in [2.05, 4.69) is 31.1 Å². The molecule has 1 saturated heterocycles. The number of morpholine rings is 1. The van der Waals surface area contributed by atoms with Gasteiger partial charge in [0.25, 0.3) is 5.91 Å². The molecule has 2 aromatic heterocycles. The lowest BCUT2D eigenvalue weighted by Gasteiger charge is -2.26. The molecular formula is C23H21BrFN5O2S. The maximum absolute atomic E-state index is 13.5. The summed E-state index contributed by atoms with van der Waals surface area (Å²) in [6, 6.07) is 10.0. The highest BCUT2D eigenvalue weighted by Gasteiger charge is 2.16. The van der Waals surface area contributed by atoms with Crippen LogP contribution in [-0.4, -0.2) is 58.4 Å². The van der Waals surface area contributed by atoms with E-state index in [1.54, 1.807) is 17.5 Å². The number of rotatable bonds is 6. The van der Waals surface area contributed by atoms with Crippen molar-refractivity contribution in [1.82, 2.24) is 19.7 Å². The quantitative estimate of drug-likeness (QED) is 0.393. The minimum atomic E-state index is -0.315. The van der Waals surface area contributed by atoms with Gasteiger partial charge in [0.1, 0.15) is 11.5 Å². The molecule has 1 N–H and O–H groups in total. The number of fused-ring (bicyclic) bond motifs is 1. The minimum Gasteiger partial charge on any atom is -0.379 e. The van der Waals surface area contributed by atoms with Gasteiger partial charge in [0.2, 0.25) is 0 Å². The molecular weight excluding hydrogens is 509 g/mol. The highest BCUT2D eigenvalue weighted by molar-refractivity contribution is 9.11. The van der Waals surface area contributed by atoms with Gasteiger partial charge in [-0.25, -0.2) is 9.37 Å². The first-order valence-electron chi connectivity index (χ1n) is 10.5. The standard InChI is InChI=1S/C23H21BrFN5O2S/c24-23-27-21(14-33-23)22(31)26-20-11-16-13-30(6-5-29-7-9-32-10-8-29)28-19(16)12-18(20)15-1-3-17(25)4-2-15/h1-4,11-14H,5-10H2,(H,26,31). The van der Waals surface area contributed by atoms with Gasteiger partial charge in [-0.3, -0.25) is 14.4 Å². The van der Waals surface area contributed by atoms with Crippen molar-refractivity contribution in [2.75, 3.05) is 38.2 Å². The monoisotopic (exact) mass is 529 g/mol. The smallest absolute Gasteiger partial charge is 0.275 e. The fourth-order valence-electron chi connectivity index (χ4n) is 3.82. The first kappa shape index (κ1) is 22.1.